The molecule has 0 aliphatic carbocycles. The summed E-state index contributed by atoms with van der Waals surface area (Å²) >= 11 is 0. The number of benzene rings is 2. The highest BCUT2D eigenvalue weighted by atomic mass is 16.8. The standard InChI is InChI=1S/C39H50O24/c1-11-21(43)26(48)30(52)36(56-11)55-10-19-24(46)29(51)35(63-37-31(53)27(49)22(44)12(2)57-37)39(61-19)62-34-25(47)20-16(42)7-15(58-38-32(54)28(50)23(45)18(9-40)60-38)8-17(20)59-33(34)13-3-5-14(41)6-4-13/h3-8,11-12,18-19,21-24,26-32,35-46,48-54H,9-10H2,1-2H3. The molecule has 24 nitrogen and oxygen atoms in total. The average Bonchev–Trinajstić information content (AvgIpc) is 3.25. The van der Waals surface area contributed by atoms with E-state index in [0.29, 0.717) is 0 Å². The first kappa shape index (κ1) is 47.1. The van der Waals surface area contributed by atoms with Gasteiger partial charge in [-0.1, -0.05) is 0 Å². The molecule has 20 unspecified atom stereocenters. The van der Waals surface area contributed by atoms with Crippen molar-refractivity contribution >= 4 is 11.0 Å². The van der Waals surface area contributed by atoms with Gasteiger partial charge >= 0.3 is 0 Å². The van der Waals surface area contributed by atoms with E-state index in [1.165, 1.54) is 38.1 Å². The van der Waals surface area contributed by atoms with Gasteiger partial charge in [0.2, 0.25) is 23.8 Å². The molecule has 0 spiro atoms. The molecule has 4 aliphatic rings. The van der Waals surface area contributed by atoms with E-state index < -0.39 is 164 Å². The predicted octanol–water partition coefficient (Wildman–Crippen LogP) is -5.07. The molecule has 5 heterocycles. The number of hydrogen-bond acceptors (Lipinski definition) is 24. The number of ether oxygens (including phenoxy) is 8. The number of aliphatic hydroxyl groups is 12. The van der Waals surface area contributed by atoms with Crippen molar-refractivity contribution in [3.8, 4) is 34.3 Å². The van der Waals surface area contributed by atoms with Crippen molar-refractivity contribution in [1.29, 1.82) is 0 Å². The van der Waals surface area contributed by atoms with Gasteiger partial charge < -0.3 is 114 Å². The molecular formula is C39H50O24. The summed E-state index contributed by atoms with van der Waals surface area (Å²) in [6.07, 6.45) is -34.0. The smallest absolute Gasteiger partial charge is 0.239 e. The summed E-state index contributed by atoms with van der Waals surface area (Å²) < 4.78 is 51.8. The monoisotopic (exact) mass is 902 g/mol. The Morgan fingerprint density at radius 3 is 1.78 bits per heavy atom. The van der Waals surface area contributed by atoms with Gasteiger partial charge in [0, 0.05) is 17.7 Å². The van der Waals surface area contributed by atoms with Crippen LogP contribution in [-0.4, -0.2) is 208 Å². The third-order valence-corrected chi connectivity index (χ3v) is 11.3. The maximum Gasteiger partial charge on any atom is 0.239 e. The van der Waals surface area contributed by atoms with Crippen LogP contribution in [0.3, 0.4) is 0 Å². The molecule has 4 aliphatic heterocycles. The van der Waals surface area contributed by atoms with E-state index >= 15 is 0 Å². The highest BCUT2D eigenvalue weighted by Crippen LogP contribution is 2.40. The fraction of sp³-hybridized carbons (Fsp3) is 0.615. The summed E-state index contributed by atoms with van der Waals surface area (Å²) in [6.45, 7) is 1.24. The Morgan fingerprint density at radius 2 is 1.14 bits per heavy atom. The van der Waals surface area contributed by atoms with Crippen LogP contribution in [0.1, 0.15) is 13.8 Å². The largest absolute Gasteiger partial charge is 0.508 e. The second-order valence-corrected chi connectivity index (χ2v) is 15.7. The topological polar surface area (TPSA) is 387 Å². The van der Waals surface area contributed by atoms with Gasteiger partial charge in [-0.05, 0) is 38.1 Å². The van der Waals surface area contributed by atoms with Crippen LogP contribution in [0, 0.1) is 0 Å². The molecule has 4 saturated heterocycles. The maximum atomic E-state index is 14.5. The average molecular weight is 903 g/mol. The molecule has 350 valence electrons. The number of rotatable bonds is 11. The van der Waals surface area contributed by atoms with Crippen molar-refractivity contribution in [3.63, 3.8) is 0 Å². The molecule has 0 radical (unpaired) electrons. The highest BCUT2D eigenvalue weighted by molar-refractivity contribution is 5.88. The zero-order valence-electron chi connectivity index (χ0n) is 33.3. The number of phenolic OH excluding ortho intramolecular Hbond substituents is 2. The molecule has 24 heteroatoms. The Morgan fingerprint density at radius 1 is 0.587 bits per heavy atom. The molecular weight excluding hydrogens is 852 g/mol. The molecule has 0 amide bonds. The number of aliphatic hydroxyl groups excluding tert-OH is 12. The van der Waals surface area contributed by atoms with Crippen molar-refractivity contribution in [2.75, 3.05) is 13.2 Å². The summed E-state index contributed by atoms with van der Waals surface area (Å²) in [7, 11) is 0. The van der Waals surface area contributed by atoms with E-state index in [-0.39, 0.29) is 22.6 Å². The first-order valence-electron chi connectivity index (χ1n) is 19.8. The number of aromatic hydroxyl groups is 2. The van der Waals surface area contributed by atoms with E-state index in [0.717, 1.165) is 12.1 Å². The zero-order valence-corrected chi connectivity index (χ0v) is 33.3. The van der Waals surface area contributed by atoms with Crippen molar-refractivity contribution in [2.45, 2.75) is 137 Å². The Hall–Kier alpha value is -3.87. The summed E-state index contributed by atoms with van der Waals surface area (Å²) in [5, 5.41) is 147. The van der Waals surface area contributed by atoms with E-state index in [1.807, 2.05) is 0 Å². The van der Waals surface area contributed by atoms with Crippen molar-refractivity contribution in [2.24, 2.45) is 0 Å². The molecule has 14 N–H and O–H groups in total. The summed E-state index contributed by atoms with van der Waals surface area (Å²) in [5.74, 6) is -2.50. The molecule has 7 rings (SSSR count). The normalized spacial score (nSPS) is 41.0. The Bertz CT molecular complexity index is 2080. The van der Waals surface area contributed by atoms with Gasteiger partial charge in [-0.25, -0.2) is 0 Å². The second kappa shape index (κ2) is 18.9. The van der Waals surface area contributed by atoms with Crippen LogP contribution in [0.2, 0.25) is 0 Å². The number of phenols is 2. The minimum Gasteiger partial charge on any atom is -0.508 e. The van der Waals surface area contributed by atoms with Gasteiger partial charge in [0.15, 0.2) is 24.4 Å². The van der Waals surface area contributed by atoms with Gasteiger partial charge in [0.05, 0.1) is 25.4 Å². The number of fused-ring (bicyclic) bond motifs is 1. The SMILES string of the molecule is CC1OC(OCC2OC(Oc3c(-c4ccc(O)cc4)oc4cc(OC5OC(CO)C(O)C(O)C5O)cc(O)c4c3=O)C(OC3OC(C)C(O)C(O)C3O)C(O)C2O)C(O)C(O)C1O. The van der Waals surface area contributed by atoms with Crippen molar-refractivity contribution < 1.29 is 114 Å². The third kappa shape index (κ3) is 9.19. The first-order valence-corrected chi connectivity index (χ1v) is 19.8. The van der Waals surface area contributed by atoms with E-state index in [1.54, 1.807) is 0 Å². The highest BCUT2D eigenvalue weighted by Gasteiger charge is 2.52. The zero-order chi connectivity index (χ0) is 45.8. The summed E-state index contributed by atoms with van der Waals surface area (Å²) in [4.78, 5) is 14.5. The lowest BCUT2D eigenvalue weighted by Crippen LogP contribution is -2.65. The minimum absolute atomic E-state index is 0.0468. The molecule has 0 bridgehead atoms. The van der Waals surface area contributed by atoms with Crippen LogP contribution in [0.5, 0.6) is 23.0 Å². The van der Waals surface area contributed by atoms with Gasteiger partial charge in [-0.15, -0.1) is 0 Å². The van der Waals surface area contributed by atoms with Crippen LogP contribution in [0.15, 0.2) is 45.6 Å². The van der Waals surface area contributed by atoms with Crippen LogP contribution < -0.4 is 14.9 Å². The Kier molecular flexibility index (Phi) is 14.1. The Balaban J connectivity index is 1.27. The Labute approximate surface area is 355 Å². The lowest BCUT2D eigenvalue weighted by Gasteiger charge is -2.46. The van der Waals surface area contributed by atoms with Gasteiger partial charge in [0.1, 0.15) is 108 Å². The van der Waals surface area contributed by atoms with Crippen molar-refractivity contribution in [3.05, 3.63) is 46.6 Å². The number of hydrogen-bond donors (Lipinski definition) is 14. The van der Waals surface area contributed by atoms with E-state index in [9.17, 15) is 76.3 Å². The molecule has 63 heavy (non-hydrogen) atoms. The van der Waals surface area contributed by atoms with E-state index in [2.05, 4.69) is 0 Å². The first-order chi connectivity index (χ1) is 29.8. The third-order valence-electron chi connectivity index (χ3n) is 11.3. The quantitative estimate of drug-likeness (QED) is 0.0856. The van der Waals surface area contributed by atoms with E-state index in [4.69, 9.17) is 42.3 Å². The van der Waals surface area contributed by atoms with Crippen LogP contribution in [0.4, 0.5) is 0 Å². The molecule has 20 atom stereocenters. The predicted molar refractivity (Wildman–Crippen MR) is 202 cm³/mol. The van der Waals surface area contributed by atoms with Crippen LogP contribution >= 0.6 is 0 Å². The molecule has 1 aromatic heterocycles. The minimum atomic E-state index is -2.07. The molecule has 0 saturated carbocycles. The van der Waals surface area contributed by atoms with Crippen LogP contribution in [-0.2, 0) is 28.4 Å². The fourth-order valence-corrected chi connectivity index (χ4v) is 7.56. The fourth-order valence-electron chi connectivity index (χ4n) is 7.56. The van der Waals surface area contributed by atoms with Crippen LogP contribution in [0.25, 0.3) is 22.3 Å². The maximum absolute atomic E-state index is 14.5. The van der Waals surface area contributed by atoms with Gasteiger partial charge in [0.25, 0.3) is 0 Å². The summed E-state index contributed by atoms with van der Waals surface area (Å²) in [6, 6.07) is 7.03. The van der Waals surface area contributed by atoms with Crippen molar-refractivity contribution in [1.82, 2.24) is 0 Å². The lowest BCUT2D eigenvalue weighted by atomic mass is 9.97. The second-order valence-electron chi connectivity index (χ2n) is 15.7. The molecule has 2 aromatic carbocycles. The van der Waals surface area contributed by atoms with Gasteiger partial charge in [-0.2, -0.15) is 0 Å². The lowest BCUT2D eigenvalue weighted by molar-refractivity contribution is -0.360. The summed E-state index contributed by atoms with van der Waals surface area (Å²) in [5.41, 5.74) is -1.46. The molecule has 3 aromatic rings. The van der Waals surface area contributed by atoms with Gasteiger partial charge in [-0.3, -0.25) is 4.79 Å². The molecule has 4 fully saturated rings.